The fraction of sp³-hybridized carbons (Fsp3) is 0.615. The van der Waals surface area contributed by atoms with Gasteiger partial charge in [-0.2, -0.15) is 0 Å². The van der Waals surface area contributed by atoms with E-state index in [2.05, 4.69) is 22.9 Å². The molecule has 8 nitrogen and oxygen atoms in total. The monoisotopic (exact) mass is 473 g/mol. The van der Waals surface area contributed by atoms with Crippen LogP contribution in [0, 0.1) is 5.92 Å². The normalized spacial score (nSPS) is 25.5. The molecule has 5 atom stereocenters. The van der Waals surface area contributed by atoms with E-state index in [4.69, 9.17) is 4.74 Å². The van der Waals surface area contributed by atoms with Gasteiger partial charge in [0.05, 0.1) is 6.42 Å². The molecule has 0 aliphatic carbocycles. The number of carbonyl (C=O) groups excluding carboxylic acids is 4. The topological polar surface area (TPSA) is 114 Å². The van der Waals surface area contributed by atoms with Crippen LogP contribution in [-0.4, -0.2) is 47.9 Å². The fourth-order valence-corrected chi connectivity index (χ4v) is 3.91. The standard InChI is InChI=1S/C26H39N3O5/c1-5-7-9-14-20-16-22(30)28-21(15-19-12-10-8-11-13-19)25(32)27-18(4)24(31)29-23(17(3)6-2)26(33)34-20/h8,10-13,17-18,20-21,23H,5-7,9,14-16H2,1-4H3,(H,27,32)(H,28,30)(H,29,31)/t17-,18-,20+,21-,23+/m0/s1. The molecule has 2 rings (SSSR count). The summed E-state index contributed by atoms with van der Waals surface area (Å²) in [5, 5.41) is 8.24. The zero-order valence-electron chi connectivity index (χ0n) is 20.8. The van der Waals surface area contributed by atoms with E-state index in [1.54, 1.807) is 6.92 Å². The van der Waals surface area contributed by atoms with Crippen LogP contribution in [0.1, 0.15) is 71.8 Å². The lowest BCUT2D eigenvalue weighted by atomic mass is 9.98. The molecule has 0 radical (unpaired) electrons. The Hall–Kier alpha value is -2.90. The van der Waals surface area contributed by atoms with Crippen LogP contribution in [0.2, 0.25) is 0 Å². The molecule has 3 amide bonds. The summed E-state index contributed by atoms with van der Waals surface area (Å²) in [4.78, 5) is 51.9. The van der Waals surface area contributed by atoms with Crippen molar-refractivity contribution in [1.29, 1.82) is 0 Å². The molecule has 34 heavy (non-hydrogen) atoms. The van der Waals surface area contributed by atoms with Gasteiger partial charge in [0.15, 0.2) is 0 Å². The van der Waals surface area contributed by atoms with Gasteiger partial charge < -0.3 is 20.7 Å². The summed E-state index contributed by atoms with van der Waals surface area (Å²) in [7, 11) is 0. The lowest BCUT2D eigenvalue weighted by Gasteiger charge is -2.26. The number of benzene rings is 1. The van der Waals surface area contributed by atoms with Crippen molar-refractivity contribution in [2.24, 2.45) is 5.92 Å². The maximum absolute atomic E-state index is 13.0. The molecule has 1 fully saturated rings. The molecule has 1 aromatic rings. The predicted octanol–water partition coefficient (Wildman–Crippen LogP) is 2.65. The molecular weight excluding hydrogens is 434 g/mol. The molecule has 1 aliphatic rings. The molecular formula is C26H39N3O5. The number of amides is 3. The number of hydrogen-bond acceptors (Lipinski definition) is 5. The van der Waals surface area contributed by atoms with Crippen molar-refractivity contribution >= 4 is 23.7 Å². The van der Waals surface area contributed by atoms with Gasteiger partial charge in [-0.3, -0.25) is 14.4 Å². The summed E-state index contributed by atoms with van der Waals surface area (Å²) >= 11 is 0. The van der Waals surface area contributed by atoms with Crippen LogP contribution >= 0.6 is 0 Å². The highest BCUT2D eigenvalue weighted by Gasteiger charge is 2.33. The summed E-state index contributed by atoms with van der Waals surface area (Å²) in [6.45, 7) is 7.42. The maximum atomic E-state index is 13.0. The summed E-state index contributed by atoms with van der Waals surface area (Å²) in [5.74, 6) is -2.00. The van der Waals surface area contributed by atoms with Crippen molar-refractivity contribution in [1.82, 2.24) is 16.0 Å². The zero-order chi connectivity index (χ0) is 25.1. The molecule has 8 heteroatoms. The van der Waals surface area contributed by atoms with Crippen LogP contribution in [0.4, 0.5) is 0 Å². The van der Waals surface area contributed by atoms with Crippen LogP contribution in [0.25, 0.3) is 0 Å². The van der Waals surface area contributed by atoms with Gasteiger partial charge in [0.1, 0.15) is 24.2 Å². The third-order valence-corrected chi connectivity index (χ3v) is 6.28. The van der Waals surface area contributed by atoms with Gasteiger partial charge in [-0.05, 0) is 31.2 Å². The van der Waals surface area contributed by atoms with Gasteiger partial charge in [-0.1, -0.05) is 70.4 Å². The minimum absolute atomic E-state index is 0.0370. The summed E-state index contributed by atoms with van der Waals surface area (Å²) in [5.41, 5.74) is 0.882. The molecule has 0 saturated carbocycles. The highest BCUT2D eigenvalue weighted by atomic mass is 16.5. The molecule has 3 N–H and O–H groups in total. The second-order valence-corrected chi connectivity index (χ2v) is 9.17. The van der Waals surface area contributed by atoms with Crippen LogP contribution in [0.15, 0.2) is 30.3 Å². The smallest absolute Gasteiger partial charge is 0.329 e. The van der Waals surface area contributed by atoms with Crippen molar-refractivity contribution in [3.63, 3.8) is 0 Å². The Morgan fingerprint density at radius 2 is 1.68 bits per heavy atom. The Kier molecular flexibility index (Phi) is 11.0. The van der Waals surface area contributed by atoms with E-state index in [0.717, 1.165) is 24.8 Å². The van der Waals surface area contributed by atoms with E-state index in [1.165, 1.54) is 0 Å². The van der Waals surface area contributed by atoms with Crippen LogP contribution in [0.5, 0.6) is 0 Å². The number of carbonyl (C=O) groups is 4. The van der Waals surface area contributed by atoms with Crippen LogP contribution in [0.3, 0.4) is 0 Å². The third-order valence-electron chi connectivity index (χ3n) is 6.28. The van der Waals surface area contributed by atoms with E-state index in [-0.39, 0.29) is 24.7 Å². The SMILES string of the molecule is CCCCC[C@@H]1CC(=O)N[C@@H](Cc2ccccc2)C(=O)N[C@@H](C)C(=O)N[C@H]([C@@H](C)CC)C(=O)O1. The molecule has 188 valence electrons. The lowest BCUT2D eigenvalue weighted by molar-refractivity contribution is -0.156. The zero-order valence-corrected chi connectivity index (χ0v) is 20.8. The fourth-order valence-electron chi connectivity index (χ4n) is 3.91. The Balaban J connectivity index is 2.32. The highest BCUT2D eigenvalue weighted by Crippen LogP contribution is 2.16. The number of cyclic esters (lactones) is 1. The van der Waals surface area contributed by atoms with E-state index in [0.29, 0.717) is 12.8 Å². The number of rotatable bonds is 8. The van der Waals surface area contributed by atoms with E-state index in [9.17, 15) is 19.2 Å². The number of nitrogens with one attached hydrogen (secondary N) is 3. The molecule has 1 saturated heterocycles. The van der Waals surface area contributed by atoms with Crippen molar-refractivity contribution in [3.8, 4) is 0 Å². The summed E-state index contributed by atoms with van der Waals surface area (Å²) in [6.07, 6.45) is 3.58. The first-order valence-electron chi connectivity index (χ1n) is 12.4. The maximum Gasteiger partial charge on any atom is 0.329 e. The molecule has 0 bridgehead atoms. The lowest BCUT2D eigenvalue weighted by Crippen LogP contribution is -2.55. The Bertz CT molecular complexity index is 829. The molecule has 0 aromatic heterocycles. The quantitative estimate of drug-likeness (QED) is 0.397. The second kappa shape index (κ2) is 13.7. The number of unbranched alkanes of at least 4 members (excludes halogenated alkanes) is 2. The average Bonchev–Trinajstić information content (AvgIpc) is 2.81. The number of ether oxygens (including phenoxy) is 1. The Labute approximate surface area is 202 Å². The van der Waals surface area contributed by atoms with Crippen molar-refractivity contribution in [2.45, 2.75) is 96.9 Å². The number of esters is 1. The molecule has 1 aromatic carbocycles. The van der Waals surface area contributed by atoms with Gasteiger partial charge in [0.2, 0.25) is 17.7 Å². The molecule has 0 unspecified atom stereocenters. The largest absolute Gasteiger partial charge is 0.460 e. The Morgan fingerprint density at radius 3 is 2.32 bits per heavy atom. The predicted molar refractivity (Wildman–Crippen MR) is 130 cm³/mol. The van der Waals surface area contributed by atoms with Gasteiger partial charge in [0.25, 0.3) is 0 Å². The number of hydrogen-bond donors (Lipinski definition) is 3. The first-order chi connectivity index (χ1) is 16.2. The van der Waals surface area contributed by atoms with Gasteiger partial charge in [-0.25, -0.2) is 4.79 Å². The highest BCUT2D eigenvalue weighted by molar-refractivity contribution is 5.94. The van der Waals surface area contributed by atoms with Gasteiger partial charge in [-0.15, -0.1) is 0 Å². The van der Waals surface area contributed by atoms with E-state index < -0.39 is 42.0 Å². The van der Waals surface area contributed by atoms with Crippen molar-refractivity contribution in [3.05, 3.63) is 35.9 Å². The average molecular weight is 474 g/mol. The van der Waals surface area contributed by atoms with E-state index in [1.807, 2.05) is 44.2 Å². The second-order valence-electron chi connectivity index (χ2n) is 9.17. The Morgan fingerprint density at radius 1 is 0.971 bits per heavy atom. The first kappa shape index (κ1) is 27.3. The molecule has 0 spiro atoms. The van der Waals surface area contributed by atoms with Crippen molar-refractivity contribution < 1.29 is 23.9 Å². The van der Waals surface area contributed by atoms with Crippen LogP contribution in [-0.2, 0) is 30.3 Å². The molecule has 1 aliphatic heterocycles. The van der Waals surface area contributed by atoms with Gasteiger partial charge >= 0.3 is 5.97 Å². The minimum Gasteiger partial charge on any atom is -0.460 e. The molecule has 1 heterocycles. The first-order valence-corrected chi connectivity index (χ1v) is 12.4. The van der Waals surface area contributed by atoms with Gasteiger partial charge in [0, 0.05) is 6.42 Å². The van der Waals surface area contributed by atoms with E-state index >= 15 is 0 Å². The third kappa shape index (κ3) is 8.47. The summed E-state index contributed by atoms with van der Waals surface area (Å²) in [6, 6.07) is 6.76. The minimum atomic E-state index is -0.886. The van der Waals surface area contributed by atoms with Crippen molar-refractivity contribution in [2.75, 3.05) is 0 Å². The van der Waals surface area contributed by atoms with Crippen LogP contribution < -0.4 is 16.0 Å². The summed E-state index contributed by atoms with van der Waals surface area (Å²) < 4.78 is 5.76.